The predicted octanol–water partition coefficient (Wildman–Crippen LogP) is 0.922. The summed E-state index contributed by atoms with van der Waals surface area (Å²) in [5.41, 5.74) is 1.80. The van der Waals surface area contributed by atoms with E-state index in [0.717, 1.165) is 23.7 Å². The van der Waals surface area contributed by atoms with Gasteiger partial charge in [0.15, 0.2) is 0 Å². The number of rotatable bonds is 6. The molecule has 0 unspecified atom stereocenters. The molecule has 0 saturated heterocycles. The summed E-state index contributed by atoms with van der Waals surface area (Å²) in [7, 11) is 0. The third kappa shape index (κ3) is 4.41. The van der Waals surface area contributed by atoms with Gasteiger partial charge in [-0.1, -0.05) is 18.2 Å². The lowest BCUT2D eigenvalue weighted by molar-refractivity contribution is -0.107. The molecule has 0 aliphatic carbocycles. The van der Waals surface area contributed by atoms with Gasteiger partial charge in [0.25, 0.3) is 0 Å². The summed E-state index contributed by atoms with van der Waals surface area (Å²) >= 11 is 0. The molecule has 1 rings (SSSR count). The predicted molar refractivity (Wildman–Crippen MR) is 63.5 cm³/mol. The van der Waals surface area contributed by atoms with Crippen LogP contribution in [0.5, 0.6) is 0 Å². The van der Waals surface area contributed by atoms with Gasteiger partial charge in [-0.15, -0.1) is 0 Å². The number of carbonyl (C=O) groups excluding carboxylic acids is 2. The molecule has 82 valence electrons. The second kappa shape index (κ2) is 7.23. The molecule has 0 aliphatic heterocycles. The van der Waals surface area contributed by atoms with E-state index in [1.165, 1.54) is 0 Å². The molecule has 0 heterocycles. The van der Waals surface area contributed by atoms with Crippen molar-refractivity contribution in [2.75, 3.05) is 13.1 Å². The summed E-state index contributed by atoms with van der Waals surface area (Å²) in [6, 6.07) is 7.50. The second-order valence-corrected chi connectivity index (χ2v) is 2.99. The molecule has 4 heteroatoms. The van der Waals surface area contributed by atoms with Crippen LogP contribution >= 0.6 is 0 Å². The molecule has 0 aliphatic rings. The molecule has 0 aromatic heterocycles. The first-order valence-electron chi connectivity index (χ1n) is 4.84. The fourth-order valence-electron chi connectivity index (χ4n) is 1.12. The van der Waals surface area contributed by atoms with Gasteiger partial charge in [-0.2, -0.15) is 0 Å². The van der Waals surface area contributed by atoms with Crippen LogP contribution in [0, 0.1) is 0 Å². The third-order valence-corrected chi connectivity index (χ3v) is 1.75. The van der Waals surface area contributed by atoms with E-state index in [1.807, 2.05) is 24.3 Å². The van der Waals surface area contributed by atoms with Crippen molar-refractivity contribution in [1.29, 1.82) is 0 Å². The van der Waals surface area contributed by atoms with Crippen molar-refractivity contribution in [3.05, 3.63) is 35.4 Å². The highest BCUT2D eigenvalue weighted by Gasteiger charge is 1.90. The summed E-state index contributed by atoms with van der Waals surface area (Å²) in [5.74, 6) is 0. The topological polar surface area (TPSA) is 58.9 Å². The Hall–Kier alpha value is -2.10. The fraction of sp³-hybridized carbons (Fsp3) is 0.167. The van der Waals surface area contributed by atoms with Crippen LogP contribution in [-0.4, -0.2) is 38.1 Å². The van der Waals surface area contributed by atoms with Crippen molar-refractivity contribution in [2.45, 2.75) is 0 Å². The van der Waals surface area contributed by atoms with Crippen LogP contribution in [0.15, 0.2) is 34.3 Å². The van der Waals surface area contributed by atoms with Gasteiger partial charge < -0.3 is 9.59 Å². The Kier molecular flexibility index (Phi) is 5.41. The van der Waals surface area contributed by atoms with Crippen molar-refractivity contribution in [3.8, 4) is 0 Å². The number of hydrogen-bond acceptors (Lipinski definition) is 4. The summed E-state index contributed by atoms with van der Waals surface area (Å²) in [4.78, 5) is 27.9. The number of aldehydes is 2. The first-order chi connectivity index (χ1) is 7.86. The zero-order valence-electron chi connectivity index (χ0n) is 8.74. The van der Waals surface area contributed by atoms with Crippen LogP contribution in [0.25, 0.3) is 0 Å². The molecule has 0 saturated carbocycles. The molecule has 1 aromatic rings. The maximum Gasteiger partial charge on any atom is 0.141 e. The molecule has 16 heavy (non-hydrogen) atoms. The maximum absolute atomic E-state index is 10.1. The Bertz CT molecular complexity index is 376. The van der Waals surface area contributed by atoms with Crippen LogP contribution in [0.3, 0.4) is 0 Å². The van der Waals surface area contributed by atoms with E-state index >= 15 is 0 Å². The van der Waals surface area contributed by atoms with Crippen LogP contribution in [0.4, 0.5) is 0 Å². The number of aliphatic imine (C=N–C) groups is 2. The van der Waals surface area contributed by atoms with E-state index in [2.05, 4.69) is 9.98 Å². The number of benzene rings is 1. The fourth-order valence-corrected chi connectivity index (χ4v) is 1.12. The minimum absolute atomic E-state index is 0.170. The smallest absolute Gasteiger partial charge is 0.141 e. The molecule has 0 spiro atoms. The van der Waals surface area contributed by atoms with Gasteiger partial charge in [0.2, 0.25) is 0 Å². The van der Waals surface area contributed by atoms with E-state index in [-0.39, 0.29) is 13.1 Å². The van der Waals surface area contributed by atoms with Crippen molar-refractivity contribution in [1.82, 2.24) is 0 Å². The molecule has 1 aromatic carbocycles. The Morgan fingerprint density at radius 3 is 1.88 bits per heavy atom. The van der Waals surface area contributed by atoms with Gasteiger partial charge in [-0.05, 0) is 17.2 Å². The normalized spacial score (nSPS) is 11.0. The van der Waals surface area contributed by atoms with Crippen LogP contribution < -0.4 is 0 Å². The summed E-state index contributed by atoms with van der Waals surface area (Å²) in [6.07, 6.45) is 4.74. The van der Waals surface area contributed by atoms with Gasteiger partial charge in [0, 0.05) is 12.4 Å². The van der Waals surface area contributed by atoms with Crippen molar-refractivity contribution < 1.29 is 9.59 Å². The van der Waals surface area contributed by atoms with E-state index in [9.17, 15) is 9.59 Å². The van der Waals surface area contributed by atoms with Gasteiger partial charge in [-0.3, -0.25) is 9.98 Å². The molecular weight excluding hydrogens is 204 g/mol. The van der Waals surface area contributed by atoms with Gasteiger partial charge in [0.1, 0.15) is 12.6 Å². The van der Waals surface area contributed by atoms with Gasteiger partial charge in [-0.25, -0.2) is 0 Å². The number of hydrogen-bond donors (Lipinski definition) is 0. The average Bonchev–Trinajstić information content (AvgIpc) is 2.30. The zero-order valence-corrected chi connectivity index (χ0v) is 8.74. The first kappa shape index (κ1) is 12.0. The zero-order chi connectivity index (χ0) is 11.6. The van der Waals surface area contributed by atoms with Crippen molar-refractivity contribution in [2.24, 2.45) is 9.98 Å². The monoisotopic (exact) mass is 216 g/mol. The number of carbonyl (C=O) groups is 2. The Balaban J connectivity index is 2.70. The summed E-state index contributed by atoms with van der Waals surface area (Å²) in [6.45, 7) is 0.340. The summed E-state index contributed by atoms with van der Waals surface area (Å²) < 4.78 is 0. The molecule has 4 nitrogen and oxygen atoms in total. The third-order valence-electron chi connectivity index (χ3n) is 1.75. The van der Waals surface area contributed by atoms with Gasteiger partial charge in [0.05, 0.1) is 13.1 Å². The molecular formula is C12H12N2O2. The maximum atomic E-state index is 10.1. The van der Waals surface area contributed by atoms with Crippen molar-refractivity contribution in [3.63, 3.8) is 0 Å². The average molecular weight is 216 g/mol. The van der Waals surface area contributed by atoms with E-state index in [4.69, 9.17) is 0 Å². The molecule has 0 amide bonds. The van der Waals surface area contributed by atoms with Gasteiger partial charge >= 0.3 is 0 Å². The Morgan fingerprint density at radius 2 is 1.44 bits per heavy atom. The van der Waals surface area contributed by atoms with E-state index in [0.29, 0.717) is 0 Å². The highest BCUT2D eigenvalue weighted by molar-refractivity contribution is 5.86. The molecule has 0 radical (unpaired) electrons. The largest absolute Gasteiger partial charge is 0.301 e. The molecule has 0 fully saturated rings. The second-order valence-electron chi connectivity index (χ2n) is 2.99. The van der Waals surface area contributed by atoms with Crippen LogP contribution in [-0.2, 0) is 9.59 Å². The highest BCUT2D eigenvalue weighted by Crippen LogP contribution is 2.00. The highest BCUT2D eigenvalue weighted by atomic mass is 16.1. The Labute approximate surface area is 93.7 Å². The molecule has 0 atom stereocenters. The van der Waals surface area contributed by atoms with Crippen LogP contribution in [0.1, 0.15) is 11.1 Å². The minimum atomic E-state index is 0.170. The standard InChI is InChI=1S/C12H12N2O2/c15-6-4-13-9-11-2-1-3-12(8-11)10-14-5-7-16/h1-3,6-10H,4-5H2. The first-order valence-corrected chi connectivity index (χ1v) is 4.84. The number of nitrogens with zero attached hydrogens (tertiary/aromatic N) is 2. The summed E-state index contributed by atoms with van der Waals surface area (Å²) in [5, 5.41) is 0. The van der Waals surface area contributed by atoms with Crippen molar-refractivity contribution >= 4 is 25.0 Å². The SMILES string of the molecule is O=CCN=Cc1cccc(C=NCC=O)c1. The lowest BCUT2D eigenvalue weighted by Gasteiger charge is -1.95. The lowest BCUT2D eigenvalue weighted by atomic mass is 10.1. The Morgan fingerprint density at radius 1 is 0.938 bits per heavy atom. The quantitative estimate of drug-likeness (QED) is 0.524. The lowest BCUT2D eigenvalue weighted by Crippen LogP contribution is -1.89. The van der Waals surface area contributed by atoms with E-state index < -0.39 is 0 Å². The molecule has 0 bridgehead atoms. The van der Waals surface area contributed by atoms with E-state index in [1.54, 1.807) is 12.4 Å². The minimum Gasteiger partial charge on any atom is -0.301 e. The molecule has 0 N–H and O–H groups in total. The van der Waals surface area contributed by atoms with Crippen LogP contribution in [0.2, 0.25) is 0 Å².